The zero-order chi connectivity index (χ0) is 31.1. The number of aromatic nitrogens is 2. The molecule has 12 nitrogen and oxygen atoms in total. The molecule has 3 aromatic rings. The van der Waals surface area contributed by atoms with E-state index in [1.807, 2.05) is 30.3 Å². The lowest BCUT2D eigenvalue weighted by atomic mass is 10.1. The second kappa shape index (κ2) is 14.1. The molecule has 0 fully saturated rings. The summed E-state index contributed by atoms with van der Waals surface area (Å²) in [6.07, 6.45) is -1.87. The number of aryl methyl sites for hydroxylation is 2. The fourth-order valence-electron chi connectivity index (χ4n) is 4.38. The molecule has 1 aliphatic rings. The van der Waals surface area contributed by atoms with Crippen molar-refractivity contribution >= 4 is 58.4 Å². The van der Waals surface area contributed by atoms with E-state index in [1.54, 1.807) is 0 Å². The van der Waals surface area contributed by atoms with Gasteiger partial charge in [-0.2, -0.15) is 0 Å². The van der Waals surface area contributed by atoms with Gasteiger partial charge in [-0.05, 0) is 30.5 Å². The van der Waals surface area contributed by atoms with E-state index < -0.39 is 65.5 Å². The molecule has 4 rings (SSSR count). The fraction of sp³-hybridized carbons (Fsp3) is 0.276. The third kappa shape index (κ3) is 7.85. The van der Waals surface area contributed by atoms with Crippen LogP contribution in [0.2, 0.25) is 10.0 Å². The van der Waals surface area contributed by atoms with Crippen molar-refractivity contribution in [2.45, 2.75) is 51.3 Å². The Bertz CT molecular complexity index is 1620. The van der Waals surface area contributed by atoms with Crippen LogP contribution in [0.15, 0.2) is 53.3 Å². The van der Waals surface area contributed by atoms with Crippen LogP contribution >= 0.6 is 23.2 Å². The Morgan fingerprint density at radius 3 is 2.35 bits per heavy atom. The quantitative estimate of drug-likeness (QED) is 0.200. The van der Waals surface area contributed by atoms with Crippen LogP contribution in [0.5, 0.6) is 0 Å². The van der Waals surface area contributed by atoms with Crippen LogP contribution in [-0.2, 0) is 38.5 Å². The molecule has 14 heteroatoms. The van der Waals surface area contributed by atoms with Crippen LogP contribution in [0.4, 0.5) is 5.69 Å². The molecule has 0 saturated carbocycles. The molecule has 224 valence electrons. The average molecular weight is 629 g/mol. The standard InChI is InChI=1S/C29H26Cl2N4O8/c30-17-8-4-9-18(31)23(17)29(42)43-27(19(36)12-14-22(38)39)34-26(40)24-25(28(41)35-15-5-10-20(35)32-24)33-21(37)13-11-16-6-2-1-3-7-16/h1-4,6-9,27H,5,10-15H2,(H,33,37)(H,34,40)(H,38,39). The van der Waals surface area contributed by atoms with E-state index >= 15 is 0 Å². The lowest BCUT2D eigenvalue weighted by Gasteiger charge is -2.20. The maximum absolute atomic E-state index is 13.5. The number of rotatable bonds is 12. The van der Waals surface area contributed by atoms with E-state index in [1.165, 1.54) is 22.8 Å². The molecule has 1 unspecified atom stereocenters. The Hall–Kier alpha value is -4.55. The summed E-state index contributed by atoms with van der Waals surface area (Å²) in [4.78, 5) is 80.8. The zero-order valence-electron chi connectivity index (χ0n) is 22.6. The summed E-state index contributed by atoms with van der Waals surface area (Å²) in [7, 11) is 0. The van der Waals surface area contributed by atoms with Crippen LogP contribution in [0, 0.1) is 0 Å². The highest BCUT2D eigenvalue weighted by atomic mass is 35.5. The number of amides is 2. The monoisotopic (exact) mass is 628 g/mol. The lowest BCUT2D eigenvalue weighted by Crippen LogP contribution is -2.45. The molecule has 1 atom stereocenters. The number of nitrogens with zero attached hydrogens (tertiary/aromatic N) is 2. The maximum Gasteiger partial charge on any atom is 0.343 e. The number of ether oxygens (including phenoxy) is 1. The Morgan fingerprint density at radius 1 is 0.977 bits per heavy atom. The van der Waals surface area contributed by atoms with E-state index in [-0.39, 0.29) is 22.0 Å². The molecule has 43 heavy (non-hydrogen) atoms. The summed E-state index contributed by atoms with van der Waals surface area (Å²) in [5.74, 6) is -4.79. The van der Waals surface area contributed by atoms with Gasteiger partial charge < -0.3 is 20.5 Å². The van der Waals surface area contributed by atoms with Gasteiger partial charge in [0.25, 0.3) is 11.5 Å². The number of esters is 1. The number of hydrogen-bond donors (Lipinski definition) is 3. The second-order valence-corrected chi connectivity index (χ2v) is 10.4. The van der Waals surface area contributed by atoms with Gasteiger partial charge in [0.05, 0.1) is 22.0 Å². The van der Waals surface area contributed by atoms with Crippen molar-refractivity contribution in [3.8, 4) is 0 Å². The van der Waals surface area contributed by atoms with Gasteiger partial charge in [0, 0.05) is 25.8 Å². The first-order chi connectivity index (χ1) is 20.5. The first-order valence-corrected chi connectivity index (χ1v) is 14.0. The normalized spacial score (nSPS) is 12.6. The van der Waals surface area contributed by atoms with Gasteiger partial charge in [-0.15, -0.1) is 0 Å². The molecular formula is C29H26Cl2N4O8. The molecule has 2 heterocycles. The number of carbonyl (C=O) groups excluding carboxylic acids is 4. The summed E-state index contributed by atoms with van der Waals surface area (Å²) >= 11 is 12.1. The minimum Gasteiger partial charge on any atom is -0.481 e. The van der Waals surface area contributed by atoms with E-state index in [2.05, 4.69) is 15.6 Å². The van der Waals surface area contributed by atoms with Crippen LogP contribution in [0.3, 0.4) is 0 Å². The van der Waals surface area contributed by atoms with Gasteiger partial charge in [0.15, 0.2) is 11.5 Å². The van der Waals surface area contributed by atoms with Crippen LogP contribution in [-0.4, -0.2) is 50.4 Å². The van der Waals surface area contributed by atoms with E-state index in [0.717, 1.165) is 5.56 Å². The predicted octanol–water partition coefficient (Wildman–Crippen LogP) is 3.41. The number of carbonyl (C=O) groups is 5. The first-order valence-electron chi connectivity index (χ1n) is 13.2. The van der Waals surface area contributed by atoms with E-state index in [4.69, 9.17) is 33.0 Å². The van der Waals surface area contributed by atoms with Crippen molar-refractivity contribution in [2.24, 2.45) is 0 Å². The highest BCUT2D eigenvalue weighted by molar-refractivity contribution is 6.39. The first kappa shape index (κ1) is 31.4. The van der Waals surface area contributed by atoms with Crippen molar-refractivity contribution in [1.82, 2.24) is 14.9 Å². The Balaban J connectivity index is 1.61. The number of aliphatic carboxylic acids is 1. The number of anilines is 1. The van der Waals surface area contributed by atoms with Gasteiger partial charge >= 0.3 is 11.9 Å². The second-order valence-electron chi connectivity index (χ2n) is 9.56. The molecule has 2 amide bonds. The van der Waals surface area contributed by atoms with Crippen molar-refractivity contribution in [1.29, 1.82) is 0 Å². The molecule has 3 N–H and O–H groups in total. The predicted molar refractivity (Wildman–Crippen MR) is 155 cm³/mol. The number of fused-ring (bicyclic) bond motifs is 1. The van der Waals surface area contributed by atoms with E-state index in [0.29, 0.717) is 31.6 Å². The molecular weight excluding hydrogens is 603 g/mol. The largest absolute Gasteiger partial charge is 0.481 e. The van der Waals surface area contributed by atoms with Crippen molar-refractivity contribution < 1.29 is 33.8 Å². The van der Waals surface area contributed by atoms with Crippen LogP contribution in [0.1, 0.15) is 57.9 Å². The highest BCUT2D eigenvalue weighted by Crippen LogP contribution is 2.25. The number of halogens is 2. The van der Waals surface area contributed by atoms with Gasteiger partial charge in [-0.1, -0.05) is 59.6 Å². The molecule has 1 aromatic heterocycles. The SMILES string of the molecule is O=C(O)CCC(=O)C(NC(=O)c1nc2n(c(=O)c1NC(=O)CCc1ccccc1)CCC2)OC(=O)c1c(Cl)cccc1Cl. The van der Waals surface area contributed by atoms with Crippen molar-refractivity contribution in [3.05, 3.63) is 91.6 Å². The third-order valence-corrected chi connectivity index (χ3v) is 7.16. The average Bonchev–Trinajstić information content (AvgIpc) is 3.45. The zero-order valence-corrected chi connectivity index (χ0v) is 24.1. The summed E-state index contributed by atoms with van der Waals surface area (Å²) in [6.45, 7) is 0.336. The number of ketones is 1. The molecule has 1 aliphatic heterocycles. The molecule has 0 spiro atoms. The number of benzene rings is 2. The maximum atomic E-state index is 13.5. The van der Waals surface area contributed by atoms with Crippen LogP contribution < -0.4 is 16.2 Å². The summed E-state index contributed by atoms with van der Waals surface area (Å²) in [5, 5.41) is 13.5. The number of carboxylic acids is 1. The number of carboxylic acid groups (broad SMARTS) is 1. The highest BCUT2D eigenvalue weighted by Gasteiger charge is 2.31. The van der Waals surface area contributed by atoms with Gasteiger partial charge in [-0.25, -0.2) is 9.78 Å². The van der Waals surface area contributed by atoms with Gasteiger partial charge in [-0.3, -0.25) is 28.5 Å². The van der Waals surface area contributed by atoms with Crippen LogP contribution in [0.25, 0.3) is 0 Å². The Morgan fingerprint density at radius 2 is 1.67 bits per heavy atom. The smallest absolute Gasteiger partial charge is 0.343 e. The van der Waals surface area contributed by atoms with Gasteiger partial charge in [0.2, 0.25) is 12.1 Å². The molecule has 2 aromatic carbocycles. The summed E-state index contributed by atoms with van der Waals surface area (Å²) in [6, 6.07) is 13.4. The minimum absolute atomic E-state index is 0.00122. The number of Topliss-reactive ketones (excluding diaryl/α,β-unsaturated/α-hetero) is 1. The number of nitrogens with one attached hydrogen (secondary N) is 2. The van der Waals surface area contributed by atoms with Gasteiger partial charge in [0.1, 0.15) is 11.5 Å². The molecule has 0 radical (unpaired) electrons. The van der Waals surface area contributed by atoms with Crippen molar-refractivity contribution in [3.63, 3.8) is 0 Å². The topological polar surface area (TPSA) is 174 Å². The Labute approximate surface area is 255 Å². The summed E-state index contributed by atoms with van der Waals surface area (Å²) in [5.41, 5.74) is -0.944. The molecule has 0 bridgehead atoms. The number of hydrogen-bond acceptors (Lipinski definition) is 8. The fourth-order valence-corrected chi connectivity index (χ4v) is 4.93. The Kier molecular flexibility index (Phi) is 10.3. The summed E-state index contributed by atoms with van der Waals surface area (Å²) < 4.78 is 6.58. The lowest BCUT2D eigenvalue weighted by molar-refractivity contribution is -0.140. The van der Waals surface area contributed by atoms with Crippen molar-refractivity contribution in [2.75, 3.05) is 5.32 Å². The third-order valence-electron chi connectivity index (χ3n) is 6.53. The minimum atomic E-state index is -1.99. The van der Waals surface area contributed by atoms with E-state index in [9.17, 15) is 28.8 Å². The molecule has 0 saturated heterocycles. The molecule has 0 aliphatic carbocycles.